The summed E-state index contributed by atoms with van der Waals surface area (Å²) in [5.41, 5.74) is 2.30. The fourth-order valence-electron chi connectivity index (χ4n) is 3.40. The number of imidazole rings is 1. The molecule has 0 unspecified atom stereocenters. The molecule has 6 nitrogen and oxygen atoms in total. The number of carbonyl (C=O) groups is 1. The Morgan fingerprint density at radius 1 is 1.27 bits per heavy atom. The molecule has 0 saturated carbocycles. The largest absolute Gasteiger partial charge is 0.497 e. The van der Waals surface area contributed by atoms with Gasteiger partial charge in [0.1, 0.15) is 5.75 Å². The summed E-state index contributed by atoms with van der Waals surface area (Å²) in [4.78, 5) is 23.0. The molecular weight excluding hydrogens is 348 g/mol. The van der Waals surface area contributed by atoms with Gasteiger partial charge in [-0.25, -0.2) is 4.98 Å². The lowest BCUT2D eigenvalue weighted by atomic mass is 10.1. The maximum atomic E-state index is 13.2. The van der Waals surface area contributed by atoms with Crippen molar-refractivity contribution in [2.24, 2.45) is 0 Å². The SMILES string of the molecule is CCN1CCN(C(=O)c2nc3sccn3c2-c2cccc(OC)c2)CC1. The van der Waals surface area contributed by atoms with E-state index in [0.29, 0.717) is 5.69 Å². The average Bonchev–Trinajstić information content (AvgIpc) is 3.28. The molecule has 1 aromatic carbocycles. The van der Waals surface area contributed by atoms with E-state index in [-0.39, 0.29) is 5.91 Å². The lowest BCUT2D eigenvalue weighted by Gasteiger charge is -2.33. The number of likely N-dealkylation sites (N-methyl/N-ethyl adjacent to an activating group) is 1. The van der Waals surface area contributed by atoms with E-state index in [2.05, 4.69) is 16.8 Å². The Bertz CT molecular complexity index is 925. The maximum Gasteiger partial charge on any atom is 0.274 e. The van der Waals surface area contributed by atoms with Crippen molar-refractivity contribution in [3.05, 3.63) is 41.5 Å². The van der Waals surface area contributed by atoms with Crippen LogP contribution in [0, 0.1) is 0 Å². The molecular formula is C19H22N4O2S. The number of hydrogen-bond donors (Lipinski definition) is 0. The first-order valence-corrected chi connectivity index (χ1v) is 9.71. The summed E-state index contributed by atoms with van der Waals surface area (Å²) in [6.07, 6.45) is 1.97. The van der Waals surface area contributed by atoms with E-state index >= 15 is 0 Å². The quantitative estimate of drug-likeness (QED) is 0.709. The van der Waals surface area contributed by atoms with Crippen LogP contribution < -0.4 is 4.74 Å². The Hall–Kier alpha value is -2.38. The number of amides is 1. The number of benzene rings is 1. The Morgan fingerprint density at radius 3 is 2.81 bits per heavy atom. The molecule has 0 aliphatic carbocycles. The van der Waals surface area contributed by atoms with Gasteiger partial charge in [-0.1, -0.05) is 19.1 Å². The smallest absolute Gasteiger partial charge is 0.274 e. The van der Waals surface area contributed by atoms with Crippen LogP contribution in [0.15, 0.2) is 35.8 Å². The minimum atomic E-state index is 0.00877. The number of thiazole rings is 1. The van der Waals surface area contributed by atoms with Crippen molar-refractivity contribution in [3.63, 3.8) is 0 Å². The van der Waals surface area contributed by atoms with Crippen molar-refractivity contribution in [3.8, 4) is 17.0 Å². The Morgan fingerprint density at radius 2 is 2.08 bits per heavy atom. The Labute approximate surface area is 156 Å². The third-order valence-corrected chi connectivity index (χ3v) is 5.67. The number of fused-ring (bicyclic) bond motifs is 1. The minimum absolute atomic E-state index is 0.00877. The molecule has 1 amide bonds. The third-order valence-electron chi connectivity index (χ3n) is 4.91. The molecule has 1 aliphatic rings. The number of hydrogen-bond acceptors (Lipinski definition) is 5. The van der Waals surface area contributed by atoms with E-state index in [1.807, 2.05) is 45.1 Å². The van der Waals surface area contributed by atoms with Crippen LogP contribution in [0.3, 0.4) is 0 Å². The molecule has 4 rings (SSSR count). The highest BCUT2D eigenvalue weighted by atomic mass is 32.1. The van der Waals surface area contributed by atoms with Crippen LogP contribution in [0.5, 0.6) is 5.75 Å². The summed E-state index contributed by atoms with van der Waals surface area (Å²) in [7, 11) is 1.65. The van der Waals surface area contributed by atoms with Gasteiger partial charge < -0.3 is 14.5 Å². The van der Waals surface area contributed by atoms with Gasteiger partial charge in [-0.15, -0.1) is 11.3 Å². The zero-order valence-electron chi connectivity index (χ0n) is 15.0. The van der Waals surface area contributed by atoms with Crippen LogP contribution >= 0.6 is 11.3 Å². The molecule has 1 aliphatic heterocycles. The van der Waals surface area contributed by atoms with Crippen LogP contribution in [0.25, 0.3) is 16.2 Å². The summed E-state index contributed by atoms with van der Waals surface area (Å²) in [5.74, 6) is 0.775. The van der Waals surface area contributed by atoms with Gasteiger partial charge in [-0.05, 0) is 18.7 Å². The van der Waals surface area contributed by atoms with E-state index in [1.54, 1.807) is 7.11 Å². The zero-order chi connectivity index (χ0) is 18.1. The number of carbonyl (C=O) groups excluding carboxylic acids is 1. The summed E-state index contributed by atoms with van der Waals surface area (Å²) in [6.45, 7) is 6.50. The van der Waals surface area contributed by atoms with Crippen LogP contribution in [0.1, 0.15) is 17.4 Å². The second-order valence-electron chi connectivity index (χ2n) is 6.32. The number of aromatic nitrogens is 2. The monoisotopic (exact) mass is 370 g/mol. The van der Waals surface area contributed by atoms with Crippen molar-refractivity contribution in [2.75, 3.05) is 39.8 Å². The third kappa shape index (κ3) is 2.97. The molecule has 0 radical (unpaired) electrons. The normalized spacial score (nSPS) is 15.5. The van der Waals surface area contributed by atoms with Gasteiger partial charge in [0, 0.05) is 43.3 Å². The van der Waals surface area contributed by atoms with Gasteiger partial charge in [0.25, 0.3) is 5.91 Å². The van der Waals surface area contributed by atoms with Crippen molar-refractivity contribution in [1.29, 1.82) is 0 Å². The topological polar surface area (TPSA) is 50.1 Å². The predicted octanol–water partition coefficient (Wildman–Crippen LogP) is 2.85. The molecule has 26 heavy (non-hydrogen) atoms. The van der Waals surface area contributed by atoms with Crippen molar-refractivity contribution >= 4 is 22.2 Å². The average molecular weight is 370 g/mol. The maximum absolute atomic E-state index is 13.2. The number of ether oxygens (including phenoxy) is 1. The second-order valence-corrected chi connectivity index (χ2v) is 7.20. The highest BCUT2D eigenvalue weighted by Crippen LogP contribution is 2.30. The summed E-state index contributed by atoms with van der Waals surface area (Å²) in [6, 6.07) is 7.79. The van der Waals surface area contributed by atoms with Crippen LogP contribution in [0.2, 0.25) is 0 Å². The van der Waals surface area contributed by atoms with Gasteiger partial charge in [0.05, 0.1) is 12.8 Å². The zero-order valence-corrected chi connectivity index (χ0v) is 15.8. The van der Waals surface area contributed by atoms with Crippen LogP contribution in [-0.2, 0) is 0 Å². The summed E-state index contributed by atoms with van der Waals surface area (Å²) < 4.78 is 7.35. The van der Waals surface area contributed by atoms with Gasteiger partial charge >= 0.3 is 0 Å². The van der Waals surface area contributed by atoms with E-state index in [9.17, 15) is 4.79 Å². The molecule has 0 spiro atoms. The molecule has 3 aromatic rings. The number of nitrogens with zero attached hydrogens (tertiary/aromatic N) is 4. The Balaban J connectivity index is 1.73. The first kappa shape index (κ1) is 17.1. The lowest BCUT2D eigenvalue weighted by Crippen LogP contribution is -2.48. The highest BCUT2D eigenvalue weighted by Gasteiger charge is 2.27. The minimum Gasteiger partial charge on any atom is -0.497 e. The first-order valence-electron chi connectivity index (χ1n) is 8.83. The molecule has 7 heteroatoms. The van der Waals surface area contributed by atoms with Crippen molar-refractivity contribution < 1.29 is 9.53 Å². The molecule has 0 bridgehead atoms. The number of piperazine rings is 1. The molecule has 2 aromatic heterocycles. The van der Waals surface area contributed by atoms with E-state index in [1.165, 1.54) is 11.3 Å². The van der Waals surface area contributed by atoms with Crippen LogP contribution in [-0.4, -0.2) is 64.9 Å². The number of methoxy groups -OCH3 is 1. The van der Waals surface area contributed by atoms with E-state index in [0.717, 1.165) is 54.7 Å². The second kappa shape index (κ2) is 7.09. The van der Waals surface area contributed by atoms with E-state index in [4.69, 9.17) is 4.74 Å². The Kier molecular flexibility index (Phi) is 4.65. The lowest BCUT2D eigenvalue weighted by molar-refractivity contribution is 0.0639. The number of rotatable bonds is 4. The first-order chi connectivity index (χ1) is 12.7. The summed E-state index contributed by atoms with van der Waals surface area (Å²) in [5, 5.41) is 1.99. The van der Waals surface area contributed by atoms with E-state index < -0.39 is 0 Å². The predicted molar refractivity (Wildman–Crippen MR) is 103 cm³/mol. The van der Waals surface area contributed by atoms with Crippen molar-refractivity contribution in [1.82, 2.24) is 19.2 Å². The standard InChI is InChI=1S/C19H22N4O2S/c1-3-21-7-9-22(10-8-21)18(24)16-17(23-11-12-26-19(23)20-16)14-5-4-6-15(13-14)25-2/h4-6,11-13H,3,7-10H2,1-2H3. The molecule has 136 valence electrons. The fraction of sp³-hybridized carbons (Fsp3) is 0.368. The molecule has 0 atom stereocenters. The van der Waals surface area contributed by atoms with Gasteiger partial charge in [-0.3, -0.25) is 9.20 Å². The molecule has 1 saturated heterocycles. The summed E-state index contributed by atoms with van der Waals surface area (Å²) >= 11 is 1.54. The van der Waals surface area contributed by atoms with Crippen molar-refractivity contribution in [2.45, 2.75) is 6.92 Å². The molecule has 3 heterocycles. The fourth-order valence-corrected chi connectivity index (χ4v) is 4.11. The van der Waals surface area contributed by atoms with Gasteiger partial charge in [0.15, 0.2) is 10.7 Å². The van der Waals surface area contributed by atoms with Crippen LogP contribution in [0.4, 0.5) is 0 Å². The highest BCUT2D eigenvalue weighted by molar-refractivity contribution is 7.15. The molecule has 1 fully saturated rings. The van der Waals surface area contributed by atoms with Gasteiger partial charge in [0.2, 0.25) is 0 Å². The molecule has 0 N–H and O–H groups in total. The van der Waals surface area contributed by atoms with Gasteiger partial charge in [-0.2, -0.15) is 0 Å².